The summed E-state index contributed by atoms with van der Waals surface area (Å²) >= 11 is 1.21. The smallest absolute Gasteiger partial charge is 0.251 e. The lowest BCUT2D eigenvalue weighted by atomic mass is 10.2. The first-order valence-electron chi connectivity index (χ1n) is 12.1. The van der Waals surface area contributed by atoms with Gasteiger partial charge in [0.05, 0.1) is 46.4 Å². The van der Waals surface area contributed by atoms with Crippen LogP contribution >= 0.6 is 11.8 Å². The van der Waals surface area contributed by atoms with Crippen molar-refractivity contribution in [1.82, 2.24) is 20.1 Å². The Balaban J connectivity index is 1.50. The van der Waals surface area contributed by atoms with E-state index in [4.69, 9.17) is 18.9 Å². The Hall–Kier alpha value is -4.71. The number of anilines is 1. The lowest BCUT2D eigenvalue weighted by molar-refractivity contribution is -0.113. The van der Waals surface area contributed by atoms with Crippen molar-refractivity contribution >= 4 is 29.3 Å². The summed E-state index contributed by atoms with van der Waals surface area (Å²) in [6.45, 7) is 0.111. The van der Waals surface area contributed by atoms with Gasteiger partial charge in [0.2, 0.25) is 5.91 Å². The van der Waals surface area contributed by atoms with Gasteiger partial charge in [0.1, 0.15) is 23.0 Å². The van der Waals surface area contributed by atoms with Gasteiger partial charge in [0.15, 0.2) is 11.0 Å². The average molecular weight is 564 g/mol. The Morgan fingerprint density at radius 3 is 2.05 bits per heavy atom. The molecule has 40 heavy (non-hydrogen) atoms. The molecule has 208 valence electrons. The third-order valence-corrected chi connectivity index (χ3v) is 6.73. The number of carbonyl (C=O) groups excluding carboxylic acids is 2. The number of hydrogen-bond donors (Lipinski definition) is 2. The predicted molar refractivity (Wildman–Crippen MR) is 151 cm³/mol. The zero-order valence-electron chi connectivity index (χ0n) is 22.5. The number of carbonyl (C=O) groups is 2. The average Bonchev–Trinajstić information content (AvgIpc) is 3.41. The van der Waals surface area contributed by atoms with Crippen LogP contribution in [0.5, 0.6) is 23.0 Å². The van der Waals surface area contributed by atoms with E-state index in [0.29, 0.717) is 45.2 Å². The van der Waals surface area contributed by atoms with Gasteiger partial charge in [-0.15, -0.1) is 10.2 Å². The summed E-state index contributed by atoms with van der Waals surface area (Å²) in [7, 11) is 6.23. The van der Waals surface area contributed by atoms with Crippen molar-refractivity contribution in [2.75, 3.05) is 39.5 Å². The van der Waals surface area contributed by atoms with E-state index < -0.39 is 0 Å². The Bertz CT molecular complexity index is 1460. The van der Waals surface area contributed by atoms with Crippen LogP contribution in [0.15, 0.2) is 71.9 Å². The first-order valence-corrected chi connectivity index (χ1v) is 13.1. The molecule has 0 radical (unpaired) electrons. The van der Waals surface area contributed by atoms with Gasteiger partial charge in [0.25, 0.3) is 5.91 Å². The largest absolute Gasteiger partial charge is 0.497 e. The van der Waals surface area contributed by atoms with Gasteiger partial charge in [-0.3, -0.25) is 14.2 Å². The molecule has 0 bridgehead atoms. The number of thioether (sulfide) groups is 1. The van der Waals surface area contributed by atoms with Crippen LogP contribution in [0.25, 0.3) is 5.69 Å². The maximum absolute atomic E-state index is 12.8. The van der Waals surface area contributed by atoms with Gasteiger partial charge < -0.3 is 29.6 Å². The Kier molecular flexibility index (Phi) is 9.47. The van der Waals surface area contributed by atoms with Gasteiger partial charge >= 0.3 is 0 Å². The molecule has 1 aromatic heterocycles. The number of ether oxygens (including phenoxy) is 4. The molecule has 0 saturated carbocycles. The summed E-state index contributed by atoms with van der Waals surface area (Å²) in [4.78, 5) is 25.5. The predicted octanol–water partition coefficient (Wildman–Crippen LogP) is 3.96. The van der Waals surface area contributed by atoms with Gasteiger partial charge in [-0.05, 0) is 60.7 Å². The van der Waals surface area contributed by atoms with Crippen molar-refractivity contribution in [3.05, 3.63) is 78.1 Å². The lowest BCUT2D eigenvalue weighted by Gasteiger charge is -2.13. The van der Waals surface area contributed by atoms with Crippen LogP contribution in [0, 0.1) is 0 Å². The monoisotopic (exact) mass is 563 g/mol. The molecule has 3 aromatic carbocycles. The summed E-state index contributed by atoms with van der Waals surface area (Å²) in [5.41, 5.74) is 1.75. The minimum absolute atomic E-state index is 0.0572. The molecule has 0 aliphatic carbocycles. The molecular formula is C28H29N5O6S. The SMILES string of the molecule is COc1ccc(C(=O)NCc2nnc(SCC(=O)Nc3ccc(OC)cc3OC)n2-c2ccc(OC)cc2)cc1. The molecule has 0 fully saturated rings. The normalized spacial score (nSPS) is 10.5. The number of aromatic nitrogens is 3. The molecule has 0 aliphatic rings. The van der Waals surface area contributed by atoms with Crippen molar-refractivity contribution in [1.29, 1.82) is 0 Å². The van der Waals surface area contributed by atoms with Crippen LogP contribution in [-0.4, -0.2) is 60.8 Å². The summed E-state index contributed by atoms with van der Waals surface area (Å²) in [6, 6.07) is 19.3. The Morgan fingerprint density at radius 1 is 0.800 bits per heavy atom. The van der Waals surface area contributed by atoms with Crippen molar-refractivity contribution in [3.63, 3.8) is 0 Å². The zero-order chi connectivity index (χ0) is 28.5. The quantitative estimate of drug-likeness (QED) is 0.246. The summed E-state index contributed by atoms with van der Waals surface area (Å²) in [5.74, 6) is 2.46. The Labute approximate surface area is 235 Å². The minimum atomic E-state index is -0.269. The number of nitrogens with zero attached hydrogens (tertiary/aromatic N) is 3. The molecule has 2 amide bonds. The standard InChI is InChI=1S/C28H29N5O6S/c1-36-20-9-5-18(6-10-20)27(35)29-16-25-31-32-28(33(25)19-7-11-21(37-2)12-8-19)40-17-26(34)30-23-14-13-22(38-3)15-24(23)39-4/h5-15H,16-17H2,1-4H3,(H,29,35)(H,30,34). The van der Waals surface area contributed by atoms with Gasteiger partial charge in [-0.25, -0.2) is 0 Å². The van der Waals surface area contributed by atoms with E-state index in [1.54, 1.807) is 68.4 Å². The highest BCUT2D eigenvalue weighted by molar-refractivity contribution is 7.99. The topological polar surface area (TPSA) is 126 Å². The Morgan fingerprint density at radius 2 is 1.43 bits per heavy atom. The number of rotatable bonds is 12. The van der Waals surface area contributed by atoms with Crippen molar-refractivity contribution in [2.45, 2.75) is 11.7 Å². The van der Waals surface area contributed by atoms with E-state index in [9.17, 15) is 9.59 Å². The highest BCUT2D eigenvalue weighted by atomic mass is 32.2. The van der Waals surface area contributed by atoms with Gasteiger partial charge in [0, 0.05) is 17.3 Å². The molecular weight excluding hydrogens is 534 g/mol. The molecule has 0 saturated heterocycles. The van der Waals surface area contributed by atoms with Gasteiger partial charge in [-0.1, -0.05) is 11.8 Å². The molecule has 4 rings (SSSR count). The third kappa shape index (κ3) is 6.83. The van der Waals surface area contributed by atoms with Crippen LogP contribution in [0.1, 0.15) is 16.2 Å². The van der Waals surface area contributed by atoms with E-state index in [0.717, 1.165) is 5.69 Å². The second-order valence-electron chi connectivity index (χ2n) is 8.25. The molecule has 12 heteroatoms. The molecule has 2 N–H and O–H groups in total. The van der Waals surface area contributed by atoms with Crippen LogP contribution in [0.2, 0.25) is 0 Å². The molecule has 11 nitrogen and oxygen atoms in total. The maximum atomic E-state index is 12.8. The zero-order valence-corrected chi connectivity index (χ0v) is 23.3. The fourth-order valence-corrected chi connectivity index (χ4v) is 4.49. The van der Waals surface area contributed by atoms with Crippen LogP contribution in [-0.2, 0) is 11.3 Å². The highest BCUT2D eigenvalue weighted by Crippen LogP contribution is 2.30. The summed E-state index contributed by atoms with van der Waals surface area (Å²) < 4.78 is 22.8. The fourth-order valence-electron chi connectivity index (χ4n) is 3.72. The van der Waals surface area contributed by atoms with E-state index in [1.807, 2.05) is 24.3 Å². The van der Waals surface area contributed by atoms with E-state index >= 15 is 0 Å². The first kappa shape index (κ1) is 28.3. The van der Waals surface area contributed by atoms with Crippen molar-refractivity contribution in [2.24, 2.45) is 0 Å². The van der Waals surface area contributed by atoms with Gasteiger partial charge in [-0.2, -0.15) is 0 Å². The molecule has 0 aliphatic heterocycles. The number of hydrogen-bond acceptors (Lipinski definition) is 9. The number of benzene rings is 3. The maximum Gasteiger partial charge on any atom is 0.251 e. The summed E-state index contributed by atoms with van der Waals surface area (Å²) in [5, 5.41) is 14.8. The van der Waals surface area contributed by atoms with Crippen LogP contribution in [0.3, 0.4) is 0 Å². The molecule has 0 spiro atoms. The third-order valence-electron chi connectivity index (χ3n) is 5.81. The first-order chi connectivity index (χ1) is 19.4. The van der Waals surface area contributed by atoms with E-state index in [-0.39, 0.29) is 24.1 Å². The molecule has 4 aromatic rings. The van der Waals surface area contributed by atoms with E-state index in [1.165, 1.54) is 18.9 Å². The van der Waals surface area contributed by atoms with Crippen molar-refractivity contribution in [3.8, 4) is 28.7 Å². The molecule has 0 atom stereocenters. The highest BCUT2D eigenvalue weighted by Gasteiger charge is 2.18. The molecule has 0 unspecified atom stereocenters. The second kappa shape index (κ2) is 13.4. The lowest BCUT2D eigenvalue weighted by Crippen LogP contribution is -2.24. The van der Waals surface area contributed by atoms with Crippen LogP contribution < -0.4 is 29.6 Å². The number of amides is 2. The minimum Gasteiger partial charge on any atom is -0.497 e. The second-order valence-corrected chi connectivity index (χ2v) is 9.19. The van der Waals surface area contributed by atoms with Crippen LogP contribution in [0.4, 0.5) is 5.69 Å². The van der Waals surface area contributed by atoms with Crippen molar-refractivity contribution < 1.29 is 28.5 Å². The fraction of sp³-hybridized carbons (Fsp3) is 0.214. The number of nitrogens with one attached hydrogen (secondary N) is 2. The number of methoxy groups -OCH3 is 4. The summed E-state index contributed by atoms with van der Waals surface area (Å²) in [6.07, 6.45) is 0. The van der Waals surface area contributed by atoms with E-state index in [2.05, 4.69) is 20.8 Å². The molecule has 1 heterocycles.